The van der Waals surface area contributed by atoms with Crippen molar-refractivity contribution in [3.63, 3.8) is 0 Å². The fraction of sp³-hybridized carbons (Fsp3) is 0.462. The van der Waals surface area contributed by atoms with Gasteiger partial charge in [0.25, 0.3) is 15.0 Å². The summed E-state index contributed by atoms with van der Waals surface area (Å²) >= 11 is 5.80. The highest BCUT2D eigenvalue weighted by Gasteiger charge is 2.23. The highest BCUT2D eigenvalue weighted by Crippen LogP contribution is 2.27. The number of carbonyl (C=O) groups excluding carboxylic acids is 1. The highest BCUT2D eigenvalue weighted by molar-refractivity contribution is 8.13. The van der Waals surface area contributed by atoms with Crippen molar-refractivity contribution in [2.75, 3.05) is 6.54 Å². The van der Waals surface area contributed by atoms with Crippen molar-refractivity contribution in [2.45, 2.75) is 30.6 Å². The van der Waals surface area contributed by atoms with E-state index in [9.17, 15) is 17.6 Å². The molecule has 0 unspecified atom stereocenters. The zero-order chi connectivity index (χ0) is 15.6. The smallest absolute Gasteiger partial charge is 0.264 e. The van der Waals surface area contributed by atoms with Crippen molar-refractivity contribution in [3.05, 3.63) is 28.5 Å². The molecular formula is C13H14Cl2FNO3S. The number of benzene rings is 1. The number of hydrogen-bond acceptors (Lipinski definition) is 3. The first-order valence-corrected chi connectivity index (χ1v) is 9.19. The second-order valence-corrected chi connectivity index (χ2v) is 8.00. The molecule has 2 rings (SSSR count). The number of nitrogens with one attached hydrogen (secondary N) is 1. The van der Waals surface area contributed by atoms with Crippen LogP contribution >= 0.6 is 22.3 Å². The first-order valence-electron chi connectivity index (χ1n) is 6.51. The summed E-state index contributed by atoms with van der Waals surface area (Å²) in [5, 5.41) is 2.54. The quantitative estimate of drug-likeness (QED) is 0.844. The maximum Gasteiger partial charge on any atom is 0.264 e. The van der Waals surface area contributed by atoms with Crippen LogP contribution < -0.4 is 5.32 Å². The lowest BCUT2D eigenvalue weighted by Crippen LogP contribution is -2.28. The first-order chi connectivity index (χ1) is 9.79. The summed E-state index contributed by atoms with van der Waals surface area (Å²) in [5.74, 6) is -1.19. The Bertz CT molecular complexity index is 658. The lowest BCUT2D eigenvalue weighted by molar-refractivity contribution is 0.0947. The Labute approximate surface area is 132 Å². The Morgan fingerprint density at radius 2 is 1.95 bits per heavy atom. The van der Waals surface area contributed by atoms with Crippen LogP contribution in [0, 0.1) is 11.7 Å². The molecule has 0 spiro atoms. The largest absolute Gasteiger partial charge is 0.352 e. The Hall–Kier alpha value is -0.850. The summed E-state index contributed by atoms with van der Waals surface area (Å²) < 4.78 is 36.1. The topological polar surface area (TPSA) is 63.2 Å². The molecule has 1 N–H and O–H groups in total. The van der Waals surface area contributed by atoms with E-state index >= 15 is 0 Å². The lowest BCUT2D eigenvalue weighted by Gasteiger charge is -2.12. The van der Waals surface area contributed by atoms with Crippen LogP contribution in [0.1, 0.15) is 36.0 Å². The molecule has 0 radical (unpaired) electrons. The van der Waals surface area contributed by atoms with E-state index in [-0.39, 0.29) is 10.6 Å². The average Bonchev–Trinajstić information content (AvgIpc) is 2.87. The van der Waals surface area contributed by atoms with Gasteiger partial charge in [-0.25, -0.2) is 12.8 Å². The molecule has 1 aliphatic carbocycles. The second-order valence-electron chi connectivity index (χ2n) is 5.06. The van der Waals surface area contributed by atoms with Gasteiger partial charge in [0.05, 0.1) is 10.6 Å². The Morgan fingerprint density at radius 3 is 2.52 bits per heavy atom. The van der Waals surface area contributed by atoms with E-state index in [1.54, 1.807) is 0 Å². The van der Waals surface area contributed by atoms with Crippen LogP contribution in [0.15, 0.2) is 17.0 Å². The SMILES string of the molecule is O=C(NCC1CCCC1)c1cc(S(=O)(=O)Cl)c(F)cc1Cl. The second kappa shape index (κ2) is 6.50. The summed E-state index contributed by atoms with van der Waals surface area (Å²) in [6, 6.07) is 1.64. The van der Waals surface area contributed by atoms with E-state index in [0.29, 0.717) is 12.5 Å². The monoisotopic (exact) mass is 353 g/mol. The molecule has 116 valence electrons. The highest BCUT2D eigenvalue weighted by atomic mass is 35.7. The van der Waals surface area contributed by atoms with E-state index in [1.165, 1.54) is 0 Å². The number of amides is 1. The van der Waals surface area contributed by atoms with Crippen LogP contribution in [0.25, 0.3) is 0 Å². The van der Waals surface area contributed by atoms with E-state index in [1.807, 2.05) is 0 Å². The third-order valence-electron chi connectivity index (χ3n) is 3.55. The Morgan fingerprint density at radius 1 is 1.33 bits per heavy atom. The molecule has 21 heavy (non-hydrogen) atoms. The van der Waals surface area contributed by atoms with Gasteiger partial charge in [0.2, 0.25) is 0 Å². The normalized spacial score (nSPS) is 16.1. The molecule has 1 amide bonds. The van der Waals surface area contributed by atoms with Crippen LogP contribution in [-0.4, -0.2) is 20.9 Å². The summed E-state index contributed by atoms with van der Waals surface area (Å²) in [4.78, 5) is 11.3. The van der Waals surface area contributed by atoms with Crippen LogP contribution in [-0.2, 0) is 9.05 Å². The van der Waals surface area contributed by atoms with E-state index < -0.39 is 25.7 Å². The van der Waals surface area contributed by atoms with Crippen molar-refractivity contribution in [1.29, 1.82) is 0 Å². The van der Waals surface area contributed by atoms with E-state index in [0.717, 1.165) is 37.8 Å². The first kappa shape index (κ1) is 16.5. The molecule has 0 heterocycles. The van der Waals surface area contributed by atoms with Gasteiger partial charge in [-0.3, -0.25) is 4.79 Å². The molecule has 0 saturated heterocycles. The third kappa shape index (κ3) is 4.08. The van der Waals surface area contributed by atoms with Gasteiger partial charge in [-0.1, -0.05) is 24.4 Å². The fourth-order valence-electron chi connectivity index (χ4n) is 2.44. The van der Waals surface area contributed by atoms with Gasteiger partial charge >= 0.3 is 0 Å². The minimum absolute atomic E-state index is 0.102. The Kier molecular flexibility index (Phi) is 5.11. The molecule has 1 aromatic carbocycles. The van der Waals surface area contributed by atoms with Gasteiger partial charge in [-0.15, -0.1) is 0 Å². The molecule has 1 aliphatic rings. The number of halogens is 3. The minimum Gasteiger partial charge on any atom is -0.352 e. The van der Waals surface area contributed by atoms with Crippen LogP contribution in [0.4, 0.5) is 4.39 Å². The molecule has 0 atom stereocenters. The van der Waals surface area contributed by atoms with E-state index in [2.05, 4.69) is 5.32 Å². The predicted octanol–water partition coefficient (Wildman–Crippen LogP) is 3.33. The predicted molar refractivity (Wildman–Crippen MR) is 78.7 cm³/mol. The molecule has 0 aliphatic heterocycles. The number of rotatable bonds is 4. The van der Waals surface area contributed by atoms with Crippen molar-refractivity contribution in [3.8, 4) is 0 Å². The molecular weight excluding hydrogens is 340 g/mol. The van der Waals surface area contributed by atoms with Crippen LogP contribution in [0.5, 0.6) is 0 Å². The Balaban J connectivity index is 2.20. The van der Waals surface area contributed by atoms with Crippen molar-refractivity contribution < 1.29 is 17.6 Å². The molecule has 0 bridgehead atoms. The van der Waals surface area contributed by atoms with Gasteiger partial charge in [0.1, 0.15) is 10.7 Å². The maximum absolute atomic E-state index is 13.5. The van der Waals surface area contributed by atoms with Crippen molar-refractivity contribution in [1.82, 2.24) is 5.32 Å². The average molecular weight is 354 g/mol. The molecule has 4 nitrogen and oxygen atoms in total. The summed E-state index contributed by atoms with van der Waals surface area (Å²) in [6.45, 7) is 0.496. The van der Waals surface area contributed by atoms with Crippen LogP contribution in [0.2, 0.25) is 5.02 Å². The molecule has 1 aromatic rings. The molecule has 8 heteroatoms. The fourth-order valence-corrected chi connectivity index (χ4v) is 3.58. The molecule has 0 aromatic heterocycles. The van der Waals surface area contributed by atoms with Crippen molar-refractivity contribution in [2.24, 2.45) is 5.92 Å². The third-order valence-corrected chi connectivity index (χ3v) is 5.20. The van der Waals surface area contributed by atoms with Crippen molar-refractivity contribution >= 4 is 37.2 Å². The molecule has 1 saturated carbocycles. The van der Waals surface area contributed by atoms with Gasteiger partial charge in [0, 0.05) is 17.2 Å². The van der Waals surface area contributed by atoms with E-state index in [4.69, 9.17) is 22.3 Å². The number of carbonyl (C=O) groups is 1. The summed E-state index contributed by atoms with van der Waals surface area (Å²) in [7, 11) is 0.853. The molecule has 1 fully saturated rings. The lowest BCUT2D eigenvalue weighted by atomic mass is 10.1. The van der Waals surface area contributed by atoms with Gasteiger partial charge in [-0.2, -0.15) is 0 Å². The minimum atomic E-state index is -4.28. The number of hydrogen-bond donors (Lipinski definition) is 1. The van der Waals surface area contributed by atoms with Gasteiger partial charge < -0.3 is 5.32 Å². The summed E-state index contributed by atoms with van der Waals surface area (Å²) in [5.41, 5.74) is -0.102. The summed E-state index contributed by atoms with van der Waals surface area (Å²) in [6.07, 6.45) is 4.40. The van der Waals surface area contributed by atoms with Gasteiger partial charge in [0.15, 0.2) is 0 Å². The van der Waals surface area contributed by atoms with Gasteiger partial charge in [-0.05, 0) is 30.9 Å². The zero-order valence-corrected chi connectivity index (χ0v) is 13.4. The maximum atomic E-state index is 13.5. The van der Waals surface area contributed by atoms with Crippen LogP contribution in [0.3, 0.4) is 0 Å². The zero-order valence-electron chi connectivity index (χ0n) is 11.0. The standard InChI is InChI=1S/C13H14Cl2FNO3S/c14-10-6-11(16)12(21(15,19)20)5-9(10)13(18)17-7-8-3-1-2-4-8/h5-6,8H,1-4,7H2,(H,17,18).